The van der Waals surface area contributed by atoms with Crippen LogP contribution in [0.25, 0.3) is 0 Å². The maximum absolute atomic E-state index is 12.6. The minimum atomic E-state index is -0.174. The standard InChI is InChI=1S/C23H27NO5/c1-17-4-6-20(7-5-17)29-21-10-8-19(9-11-21)28-16-22(25)24-12-2-3-18(15-24)23-26-13-14-27-23/h4-11,18,23H,2-3,12-16H2,1H3. The number of piperidine rings is 1. The Kier molecular flexibility index (Phi) is 6.32. The first kappa shape index (κ1) is 19.7. The number of carbonyl (C=O) groups is 1. The van der Waals surface area contributed by atoms with Crippen molar-refractivity contribution in [1.82, 2.24) is 4.90 Å². The molecule has 0 spiro atoms. The van der Waals surface area contributed by atoms with E-state index in [0.29, 0.717) is 25.5 Å². The summed E-state index contributed by atoms with van der Waals surface area (Å²) in [6.45, 7) is 4.77. The van der Waals surface area contributed by atoms with E-state index in [1.54, 1.807) is 0 Å². The molecule has 2 aromatic carbocycles. The van der Waals surface area contributed by atoms with Gasteiger partial charge in [-0.3, -0.25) is 4.79 Å². The van der Waals surface area contributed by atoms with Crippen LogP contribution in [0.1, 0.15) is 18.4 Å². The van der Waals surface area contributed by atoms with Crippen LogP contribution in [0, 0.1) is 12.8 Å². The first-order valence-electron chi connectivity index (χ1n) is 10.2. The van der Waals surface area contributed by atoms with Crippen molar-refractivity contribution in [1.29, 1.82) is 0 Å². The van der Waals surface area contributed by atoms with E-state index in [4.69, 9.17) is 18.9 Å². The summed E-state index contributed by atoms with van der Waals surface area (Å²) < 4.78 is 22.7. The topological polar surface area (TPSA) is 57.2 Å². The minimum absolute atomic E-state index is 0.00678. The van der Waals surface area contributed by atoms with Crippen molar-refractivity contribution in [2.24, 2.45) is 5.92 Å². The van der Waals surface area contributed by atoms with Gasteiger partial charge in [0.25, 0.3) is 5.91 Å². The van der Waals surface area contributed by atoms with Crippen molar-refractivity contribution in [3.63, 3.8) is 0 Å². The van der Waals surface area contributed by atoms with Crippen LogP contribution in [0.15, 0.2) is 48.5 Å². The predicted octanol–water partition coefficient (Wildman–Crippen LogP) is 3.78. The zero-order chi connectivity index (χ0) is 20.1. The number of carbonyl (C=O) groups excluding carboxylic acids is 1. The fourth-order valence-electron chi connectivity index (χ4n) is 3.69. The highest BCUT2D eigenvalue weighted by Crippen LogP contribution is 2.26. The van der Waals surface area contributed by atoms with Crippen LogP contribution in [0.4, 0.5) is 0 Å². The van der Waals surface area contributed by atoms with Crippen LogP contribution in [-0.2, 0) is 14.3 Å². The lowest BCUT2D eigenvalue weighted by molar-refractivity contribution is -0.141. The van der Waals surface area contributed by atoms with Crippen molar-refractivity contribution in [2.75, 3.05) is 32.9 Å². The second kappa shape index (κ2) is 9.29. The molecular formula is C23H27NO5. The highest BCUT2D eigenvalue weighted by Gasteiger charge is 2.32. The Labute approximate surface area is 171 Å². The van der Waals surface area contributed by atoms with Gasteiger partial charge in [-0.25, -0.2) is 0 Å². The number of nitrogens with zero attached hydrogens (tertiary/aromatic N) is 1. The number of rotatable bonds is 6. The fourth-order valence-corrected chi connectivity index (χ4v) is 3.69. The quantitative estimate of drug-likeness (QED) is 0.743. The van der Waals surface area contributed by atoms with E-state index in [0.717, 1.165) is 30.9 Å². The summed E-state index contributed by atoms with van der Waals surface area (Å²) in [5.41, 5.74) is 1.19. The molecule has 2 saturated heterocycles. The SMILES string of the molecule is Cc1ccc(Oc2ccc(OCC(=O)N3CCCC(C4OCCO4)C3)cc2)cc1. The molecule has 6 nitrogen and oxygen atoms in total. The summed E-state index contributed by atoms with van der Waals surface area (Å²) in [6.07, 6.45) is 1.81. The van der Waals surface area contributed by atoms with Gasteiger partial charge in [0, 0.05) is 19.0 Å². The van der Waals surface area contributed by atoms with Crippen LogP contribution in [0.2, 0.25) is 0 Å². The summed E-state index contributed by atoms with van der Waals surface area (Å²) in [6, 6.07) is 15.2. The molecule has 0 aliphatic carbocycles. The van der Waals surface area contributed by atoms with Crippen molar-refractivity contribution < 1.29 is 23.7 Å². The van der Waals surface area contributed by atoms with E-state index in [2.05, 4.69) is 0 Å². The van der Waals surface area contributed by atoms with Gasteiger partial charge < -0.3 is 23.8 Å². The monoisotopic (exact) mass is 397 g/mol. The molecule has 29 heavy (non-hydrogen) atoms. The number of likely N-dealkylation sites (tertiary alicyclic amines) is 1. The van der Waals surface area contributed by atoms with Crippen molar-refractivity contribution in [3.05, 3.63) is 54.1 Å². The second-order valence-electron chi connectivity index (χ2n) is 7.53. The van der Waals surface area contributed by atoms with Crippen LogP contribution in [0.3, 0.4) is 0 Å². The minimum Gasteiger partial charge on any atom is -0.484 e. The average molecular weight is 397 g/mol. The Hall–Kier alpha value is -2.57. The van der Waals surface area contributed by atoms with E-state index < -0.39 is 0 Å². The molecular weight excluding hydrogens is 370 g/mol. The Morgan fingerprint density at radius 2 is 1.62 bits per heavy atom. The molecule has 4 rings (SSSR count). The zero-order valence-corrected chi connectivity index (χ0v) is 16.7. The summed E-state index contributed by atoms with van der Waals surface area (Å²) in [7, 11) is 0. The fraction of sp³-hybridized carbons (Fsp3) is 0.435. The van der Waals surface area contributed by atoms with E-state index in [9.17, 15) is 4.79 Å². The third-order valence-corrected chi connectivity index (χ3v) is 5.29. The Morgan fingerprint density at radius 3 is 2.31 bits per heavy atom. The van der Waals surface area contributed by atoms with Crippen LogP contribution in [-0.4, -0.2) is 50.0 Å². The third kappa shape index (κ3) is 5.28. The smallest absolute Gasteiger partial charge is 0.260 e. The second-order valence-corrected chi connectivity index (χ2v) is 7.53. The molecule has 2 aromatic rings. The van der Waals surface area contributed by atoms with Crippen molar-refractivity contribution >= 4 is 5.91 Å². The maximum atomic E-state index is 12.6. The van der Waals surface area contributed by atoms with Crippen LogP contribution in [0.5, 0.6) is 17.2 Å². The molecule has 1 unspecified atom stereocenters. The molecule has 2 fully saturated rings. The Balaban J connectivity index is 1.26. The average Bonchev–Trinajstić information content (AvgIpc) is 3.30. The number of hydrogen-bond acceptors (Lipinski definition) is 5. The van der Waals surface area contributed by atoms with Crippen LogP contribution < -0.4 is 9.47 Å². The molecule has 0 bridgehead atoms. The lowest BCUT2D eigenvalue weighted by Crippen LogP contribution is -2.45. The molecule has 2 aliphatic rings. The highest BCUT2D eigenvalue weighted by atomic mass is 16.7. The van der Waals surface area contributed by atoms with Crippen molar-refractivity contribution in [3.8, 4) is 17.2 Å². The lowest BCUT2D eigenvalue weighted by atomic mass is 9.97. The first-order chi connectivity index (χ1) is 14.2. The van der Waals surface area contributed by atoms with E-state index in [1.165, 1.54) is 5.56 Å². The third-order valence-electron chi connectivity index (χ3n) is 5.29. The number of hydrogen-bond donors (Lipinski definition) is 0. The van der Waals surface area contributed by atoms with Gasteiger partial charge >= 0.3 is 0 Å². The van der Waals surface area contributed by atoms with Gasteiger partial charge in [0.05, 0.1) is 13.2 Å². The van der Waals surface area contributed by atoms with Gasteiger partial charge in [-0.1, -0.05) is 17.7 Å². The van der Waals surface area contributed by atoms with Gasteiger partial charge in [-0.2, -0.15) is 0 Å². The summed E-state index contributed by atoms with van der Waals surface area (Å²) in [5.74, 6) is 2.39. The van der Waals surface area contributed by atoms with E-state index in [-0.39, 0.29) is 24.7 Å². The molecule has 1 amide bonds. The molecule has 0 saturated carbocycles. The highest BCUT2D eigenvalue weighted by molar-refractivity contribution is 5.77. The molecule has 0 radical (unpaired) electrons. The van der Waals surface area contributed by atoms with Gasteiger partial charge in [-0.15, -0.1) is 0 Å². The number of amides is 1. The zero-order valence-electron chi connectivity index (χ0n) is 16.7. The summed E-state index contributed by atoms with van der Waals surface area (Å²) >= 11 is 0. The number of ether oxygens (including phenoxy) is 4. The maximum Gasteiger partial charge on any atom is 0.260 e. The summed E-state index contributed by atoms with van der Waals surface area (Å²) in [4.78, 5) is 14.4. The molecule has 2 heterocycles. The summed E-state index contributed by atoms with van der Waals surface area (Å²) in [5, 5.41) is 0. The first-order valence-corrected chi connectivity index (χ1v) is 10.2. The van der Waals surface area contributed by atoms with E-state index in [1.807, 2.05) is 60.4 Å². The van der Waals surface area contributed by atoms with Gasteiger partial charge in [0.2, 0.25) is 0 Å². The largest absolute Gasteiger partial charge is 0.484 e. The normalized spacial score (nSPS) is 19.9. The molecule has 2 aliphatic heterocycles. The molecule has 6 heteroatoms. The molecule has 0 aromatic heterocycles. The van der Waals surface area contributed by atoms with Crippen LogP contribution >= 0.6 is 0 Å². The molecule has 0 N–H and O–H groups in total. The lowest BCUT2D eigenvalue weighted by Gasteiger charge is -2.34. The molecule has 1 atom stereocenters. The number of aryl methyl sites for hydroxylation is 1. The molecule has 154 valence electrons. The number of benzene rings is 2. The van der Waals surface area contributed by atoms with Gasteiger partial charge in [0.1, 0.15) is 17.2 Å². The Morgan fingerprint density at radius 1 is 1.00 bits per heavy atom. The Bertz CT molecular complexity index is 799. The van der Waals surface area contributed by atoms with E-state index >= 15 is 0 Å². The predicted molar refractivity (Wildman–Crippen MR) is 108 cm³/mol. The van der Waals surface area contributed by atoms with Crippen molar-refractivity contribution in [2.45, 2.75) is 26.1 Å². The van der Waals surface area contributed by atoms with Gasteiger partial charge in [0.15, 0.2) is 12.9 Å². The van der Waals surface area contributed by atoms with Gasteiger partial charge in [-0.05, 0) is 56.2 Å².